The van der Waals surface area contributed by atoms with E-state index in [1.54, 1.807) is 19.1 Å². The fourth-order valence-corrected chi connectivity index (χ4v) is 1.99. The molecule has 2 aromatic rings. The zero-order valence-electron chi connectivity index (χ0n) is 11.5. The number of benzene rings is 2. The number of rotatable bonds is 5. The van der Waals surface area contributed by atoms with Crippen LogP contribution in [0.25, 0.3) is 0 Å². The molecule has 0 radical (unpaired) electrons. The quantitative estimate of drug-likeness (QED) is 0.659. The number of para-hydroxylation sites is 1. The molecule has 110 valence electrons. The van der Waals surface area contributed by atoms with Crippen LogP contribution in [0.4, 0.5) is 0 Å². The van der Waals surface area contributed by atoms with Gasteiger partial charge in [-0.2, -0.15) is 0 Å². The van der Waals surface area contributed by atoms with Crippen molar-refractivity contribution in [3.63, 3.8) is 0 Å². The maximum atomic E-state index is 11.8. The molecular weight excluding hydrogens is 336 g/mol. The largest absolute Gasteiger partial charge is 0.507 e. The number of ether oxygens (including phenoxy) is 2. The number of aromatic hydroxyl groups is 1. The van der Waals surface area contributed by atoms with E-state index in [-0.39, 0.29) is 24.5 Å². The smallest absolute Gasteiger partial charge is 0.342 e. The van der Waals surface area contributed by atoms with Gasteiger partial charge in [-0.1, -0.05) is 28.1 Å². The summed E-state index contributed by atoms with van der Waals surface area (Å²) in [6.45, 7) is 2.09. The molecule has 0 saturated heterocycles. The highest BCUT2D eigenvalue weighted by Gasteiger charge is 2.13. The molecule has 0 aliphatic carbocycles. The Morgan fingerprint density at radius 3 is 2.57 bits per heavy atom. The summed E-state index contributed by atoms with van der Waals surface area (Å²) in [5, 5.41) is 9.79. The summed E-state index contributed by atoms with van der Waals surface area (Å²) in [4.78, 5) is 11.8. The average Bonchev–Trinajstić information content (AvgIpc) is 2.48. The van der Waals surface area contributed by atoms with E-state index >= 15 is 0 Å². The Labute approximate surface area is 131 Å². The van der Waals surface area contributed by atoms with Crippen LogP contribution in [-0.2, 0) is 4.74 Å². The van der Waals surface area contributed by atoms with Gasteiger partial charge in [-0.25, -0.2) is 4.79 Å². The third-order valence-corrected chi connectivity index (χ3v) is 3.39. The first-order chi connectivity index (χ1) is 10.1. The van der Waals surface area contributed by atoms with Crippen LogP contribution < -0.4 is 4.74 Å². The Morgan fingerprint density at radius 1 is 1.14 bits per heavy atom. The van der Waals surface area contributed by atoms with Crippen molar-refractivity contribution in [2.75, 3.05) is 13.2 Å². The summed E-state index contributed by atoms with van der Waals surface area (Å²) in [5.41, 5.74) is 0.800. The van der Waals surface area contributed by atoms with Crippen molar-refractivity contribution in [1.82, 2.24) is 0 Å². The average molecular weight is 351 g/mol. The van der Waals surface area contributed by atoms with Crippen LogP contribution in [-0.4, -0.2) is 24.3 Å². The monoisotopic (exact) mass is 350 g/mol. The van der Waals surface area contributed by atoms with Crippen molar-refractivity contribution in [3.05, 3.63) is 58.1 Å². The zero-order valence-corrected chi connectivity index (χ0v) is 13.1. The number of phenolic OH excluding ortho intramolecular Hbond substituents is 1. The first kappa shape index (κ1) is 15.4. The van der Waals surface area contributed by atoms with E-state index in [2.05, 4.69) is 15.9 Å². The van der Waals surface area contributed by atoms with Crippen LogP contribution in [0.5, 0.6) is 11.5 Å². The molecule has 0 spiro atoms. The van der Waals surface area contributed by atoms with Gasteiger partial charge in [-0.3, -0.25) is 0 Å². The summed E-state index contributed by atoms with van der Waals surface area (Å²) in [5.74, 6) is 0.0968. The van der Waals surface area contributed by atoms with E-state index in [1.165, 1.54) is 6.07 Å². The summed E-state index contributed by atoms with van der Waals surface area (Å²) < 4.78 is 11.5. The van der Waals surface area contributed by atoms with Crippen LogP contribution in [0.15, 0.2) is 46.9 Å². The fraction of sp³-hybridized carbons (Fsp3) is 0.188. The third kappa shape index (κ3) is 4.23. The number of phenols is 1. The second-order valence-corrected chi connectivity index (χ2v) is 5.33. The molecule has 1 N–H and O–H groups in total. The number of esters is 1. The predicted octanol–water partition coefficient (Wildman–Crippen LogP) is 3.70. The van der Waals surface area contributed by atoms with E-state index in [9.17, 15) is 9.90 Å². The lowest BCUT2D eigenvalue weighted by Gasteiger charge is -2.09. The molecule has 21 heavy (non-hydrogen) atoms. The number of aryl methyl sites for hydroxylation is 1. The fourth-order valence-electron chi connectivity index (χ4n) is 1.73. The van der Waals surface area contributed by atoms with E-state index < -0.39 is 5.97 Å². The topological polar surface area (TPSA) is 55.8 Å². The number of halogens is 1. The lowest BCUT2D eigenvalue weighted by atomic mass is 10.1. The lowest BCUT2D eigenvalue weighted by molar-refractivity contribution is 0.0447. The number of hydrogen-bond acceptors (Lipinski definition) is 4. The second kappa shape index (κ2) is 7.13. The van der Waals surface area contributed by atoms with E-state index in [0.29, 0.717) is 11.3 Å². The Hall–Kier alpha value is -2.01. The molecule has 0 saturated carbocycles. The Balaban J connectivity index is 1.82. The highest BCUT2D eigenvalue weighted by molar-refractivity contribution is 9.10. The molecule has 5 heteroatoms. The summed E-state index contributed by atoms with van der Waals surface area (Å²) in [6, 6.07) is 12.3. The van der Waals surface area contributed by atoms with Crippen molar-refractivity contribution in [1.29, 1.82) is 0 Å². The van der Waals surface area contributed by atoms with Crippen molar-refractivity contribution in [2.24, 2.45) is 0 Å². The molecule has 0 aliphatic rings. The highest BCUT2D eigenvalue weighted by atomic mass is 79.9. The van der Waals surface area contributed by atoms with E-state index in [4.69, 9.17) is 9.47 Å². The van der Waals surface area contributed by atoms with Gasteiger partial charge >= 0.3 is 5.97 Å². The van der Waals surface area contributed by atoms with Crippen molar-refractivity contribution >= 4 is 21.9 Å². The minimum Gasteiger partial charge on any atom is -0.507 e. The summed E-state index contributed by atoms with van der Waals surface area (Å²) in [6.07, 6.45) is 0. The Morgan fingerprint density at radius 2 is 1.86 bits per heavy atom. The van der Waals surface area contributed by atoms with Crippen LogP contribution >= 0.6 is 15.9 Å². The van der Waals surface area contributed by atoms with Crippen LogP contribution in [0, 0.1) is 6.92 Å². The molecular formula is C16H15BrO4. The van der Waals surface area contributed by atoms with Crippen molar-refractivity contribution in [2.45, 2.75) is 6.92 Å². The van der Waals surface area contributed by atoms with Crippen molar-refractivity contribution in [3.8, 4) is 11.5 Å². The van der Waals surface area contributed by atoms with Crippen molar-refractivity contribution < 1.29 is 19.4 Å². The molecule has 0 bridgehead atoms. The van der Waals surface area contributed by atoms with Gasteiger partial charge in [0.15, 0.2) is 0 Å². The molecule has 0 heterocycles. The van der Waals surface area contributed by atoms with Gasteiger partial charge in [0.05, 0.1) is 0 Å². The van der Waals surface area contributed by atoms with Crippen LogP contribution in [0.1, 0.15) is 15.9 Å². The van der Waals surface area contributed by atoms with Gasteiger partial charge in [-0.05, 0) is 42.8 Å². The van der Waals surface area contributed by atoms with E-state index in [1.807, 2.05) is 24.3 Å². The maximum absolute atomic E-state index is 11.8. The van der Waals surface area contributed by atoms with Gasteiger partial charge < -0.3 is 14.6 Å². The highest BCUT2D eigenvalue weighted by Crippen LogP contribution is 2.22. The Bertz CT molecular complexity index is 623. The van der Waals surface area contributed by atoms with Gasteiger partial charge in [0.25, 0.3) is 0 Å². The summed E-state index contributed by atoms with van der Waals surface area (Å²) in [7, 11) is 0. The minimum absolute atomic E-state index is 0.0451. The molecule has 0 amide bonds. The minimum atomic E-state index is -0.560. The molecule has 0 atom stereocenters. The molecule has 4 nitrogen and oxygen atoms in total. The molecule has 0 unspecified atom stereocenters. The van der Waals surface area contributed by atoms with Gasteiger partial charge in [0, 0.05) is 4.47 Å². The standard InChI is InChI=1S/C16H15BrO4/c1-11-3-2-4-14(15(11)18)16(19)21-10-9-20-13-7-5-12(17)6-8-13/h2-8,18H,9-10H2,1H3. The molecule has 2 aromatic carbocycles. The molecule has 0 aromatic heterocycles. The zero-order chi connectivity index (χ0) is 15.2. The summed E-state index contributed by atoms with van der Waals surface area (Å²) >= 11 is 3.34. The third-order valence-electron chi connectivity index (χ3n) is 2.86. The number of carbonyl (C=O) groups is 1. The normalized spacial score (nSPS) is 10.2. The van der Waals surface area contributed by atoms with Gasteiger partial charge in [-0.15, -0.1) is 0 Å². The predicted molar refractivity (Wildman–Crippen MR) is 82.8 cm³/mol. The van der Waals surface area contributed by atoms with Gasteiger partial charge in [0.1, 0.15) is 30.3 Å². The van der Waals surface area contributed by atoms with E-state index in [0.717, 1.165) is 4.47 Å². The second-order valence-electron chi connectivity index (χ2n) is 4.41. The molecule has 0 fully saturated rings. The number of carbonyl (C=O) groups excluding carboxylic acids is 1. The van der Waals surface area contributed by atoms with Crippen LogP contribution in [0.2, 0.25) is 0 Å². The number of hydrogen-bond donors (Lipinski definition) is 1. The Kier molecular flexibility index (Phi) is 5.22. The lowest BCUT2D eigenvalue weighted by Crippen LogP contribution is -2.12. The molecule has 0 aliphatic heterocycles. The maximum Gasteiger partial charge on any atom is 0.342 e. The molecule has 2 rings (SSSR count). The van der Waals surface area contributed by atoms with Gasteiger partial charge in [0.2, 0.25) is 0 Å². The SMILES string of the molecule is Cc1cccc(C(=O)OCCOc2ccc(Br)cc2)c1O. The first-order valence-corrected chi connectivity index (χ1v) is 7.21. The van der Waals surface area contributed by atoms with Crippen LogP contribution in [0.3, 0.4) is 0 Å². The first-order valence-electron chi connectivity index (χ1n) is 6.42.